The minimum absolute atomic E-state index is 0.0112. The fourth-order valence-electron chi connectivity index (χ4n) is 2.14. The van der Waals surface area contributed by atoms with Crippen LogP contribution < -0.4 is 10.9 Å². The van der Waals surface area contributed by atoms with Gasteiger partial charge in [-0.2, -0.15) is 0 Å². The molecule has 1 aromatic heterocycles. The number of nitrogens with one attached hydrogen (secondary N) is 1. The Morgan fingerprint density at radius 3 is 2.64 bits per heavy atom. The van der Waals surface area contributed by atoms with E-state index in [1.165, 1.54) is 16.8 Å². The van der Waals surface area contributed by atoms with E-state index in [1.54, 1.807) is 0 Å². The molecule has 0 aliphatic rings. The molecule has 0 radical (unpaired) electrons. The molecule has 0 fully saturated rings. The predicted molar refractivity (Wildman–Crippen MR) is 89.9 cm³/mol. The number of pyridine rings is 1. The number of carbonyl (C=O) groups is 1. The zero-order valence-electron chi connectivity index (χ0n) is 12.3. The first-order chi connectivity index (χ1) is 10.4. The number of carbonyl (C=O) groups excluding carboxylic acids is 1. The molecule has 1 N–H and O–H groups in total. The summed E-state index contributed by atoms with van der Waals surface area (Å²) < 4.78 is 1.19. The van der Waals surface area contributed by atoms with E-state index in [4.69, 9.17) is 23.2 Å². The van der Waals surface area contributed by atoms with E-state index < -0.39 is 5.56 Å². The van der Waals surface area contributed by atoms with Crippen molar-refractivity contribution in [2.45, 2.75) is 26.3 Å². The lowest BCUT2D eigenvalue weighted by molar-refractivity contribution is -0.116. The second-order valence-electron chi connectivity index (χ2n) is 5.23. The third kappa shape index (κ3) is 3.90. The Hall–Kier alpha value is -1.78. The summed E-state index contributed by atoms with van der Waals surface area (Å²) in [6, 6.07) is 8.92. The predicted octanol–water partition coefficient (Wildman–Crippen LogP) is 3.92. The quantitative estimate of drug-likeness (QED) is 0.918. The molecule has 0 saturated heterocycles. The van der Waals surface area contributed by atoms with Gasteiger partial charge in [0.25, 0.3) is 5.56 Å². The highest BCUT2D eigenvalue weighted by atomic mass is 35.5. The monoisotopic (exact) mass is 338 g/mol. The molecule has 0 aliphatic carbocycles. The molecule has 116 valence electrons. The van der Waals surface area contributed by atoms with Crippen molar-refractivity contribution in [1.29, 1.82) is 0 Å². The Morgan fingerprint density at radius 2 is 1.95 bits per heavy atom. The SMILES string of the molecule is CC(C)c1ccccc1NC(=O)Cn1cc(Cl)cc(Cl)c1=O. The summed E-state index contributed by atoms with van der Waals surface area (Å²) in [6.45, 7) is 3.95. The van der Waals surface area contributed by atoms with Crippen molar-refractivity contribution in [3.8, 4) is 0 Å². The molecule has 1 heterocycles. The fourth-order valence-corrected chi connectivity index (χ4v) is 2.65. The molecule has 4 nitrogen and oxygen atoms in total. The Labute approximate surface area is 138 Å². The van der Waals surface area contributed by atoms with Crippen molar-refractivity contribution in [1.82, 2.24) is 4.57 Å². The average molecular weight is 339 g/mol. The van der Waals surface area contributed by atoms with Gasteiger partial charge in [0.2, 0.25) is 5.91 Å². The summed E-state index contributed by atoms with van der Waals surface area (Å²) in [5.41, 5.74) is 1.33. The summed E-state index contributed by atoms with van der Waals surface area (Å²) in [4.78, 5) is 24.1. The summed E-state index contributed by atoms with van der Waals surface area (Å²) in [5, 5.41) is 3.12. The molecule has 22 heavy (non-hydrogen) atoms. The smallest absolute Gasteiger partial charge is 0.269 e. The highest BCUT2D eigenvalue weighted by molar-refractivity contribution is 6.34. The molecule has 2 rings (SSSR count). The van der Waals surface area contributed by atoms with Crippen LogP contribution in [0.4, 0.5) is 5.69 Å². The van der Waals surface area contributed by atoms with Gasteiger partial charge in [0.05, 0.1) is 5.02 Å². The lowest BCUT2D eigenvalue weighted by atomic mass is 10.0. The first kappa shape index (κ1) is 16.6. The summed E-state index contributed by atoms with van der Waals surface area (Å²) in [6.07, 6.45) is 1.39. The van der Waals surface area contributed by atoms with Crippen molar-refractivity contribution in [3.63, 3.8) is 0 Å². The Morgan fingerprint density at radius 1 is 1.27 bits per heavy atom. The number of hydrogen-bond donors (Lipinski definition) is 1. The normalized spacial score (nSPS) is 10.8. The second kappa shape index (κ2) is 6.99. The molecule has 0 bridgehead atoms. The summed E-state index contributed by atoms with van der Waals surface area (Å²) in [7, 11) is 0. The van der Waals surface area contributed by atoms with Crippen LogP contribution in [-0.4, -0.2) is 10.5 Å². The lowest BCUT2D eigenvalue weighted by Gasteiger charge is -2.14. The molecule has 0 saturated carbocycles. The summed E-state index contributed by atoms with van der Waals surface area (Å²) in [5.74, 6) is -0.0339. The van der Waals surface area contributed by atoms with Crippen LogP contribution in [0.2, 0.25) is 10.0 Å². The van der Waals surface area contributed by atoms with Gasteiger partial charge in [-0.3, -0.25) is 9.59 Å². The van der Waals surface area contributed by atoms with Crippen LogP contribution in [0, 0.1) is 0 Å². The molecular formula is C16H16Cl2N2O2. The molecular weight excluding hydrogens is 323 g/mol. The van der Waals surface area contributed by atoms with E-state index in [-0.39, 0.29) is 23.4 Å². The van der Waals surface area contributed by atoms with Gasteiger partial charge >= 0.3 is 0 Å². The van der Waals surface area contributed by atoms with Crippen LogP contribution >= 0.6 is 23.2 Å². The number of amides is 1. The van der Waals surface area contributed by atoms with E-state index in [2.05, 4.69) is 5.32 Å². The Kier molecular flexibility index (Phi) is 5.27. The maximum atomic E-state index is 12.2. The molecule has 1 aromatic carbocycles. The highest BCUT2D eigenvalue weighted by Gasteiger charge is 2.11. The van der Waals surface area contributed by atoms with Crippen LogP contribution in [0.15, 0.2) is 41.3 Å². The van der Waals surface area contributed by atoms with E-state index in [1.807, 2.05) is 38.1 Å². The van der Waals surface area contributed by atoms with Gasteiger partial charge in [0.15, 0.2) is 0 Å². The number of rotatable bonds is 4. The van der Waals surface area contributed by atoms with E-state index in [0.29, 0.717) is 5.02 Å². The minimum atomic E-state index is -0.446. The molecule has 2 aromatic rings. The van der Waals surface area contributed by atoms with Gasteiger partial charge in [-0.05, 0) is 23.6 Å². The zero-order valence-corrected chi connectivity index (χ0v) is 13.8. The number of para-hydroxylation sites is 1. The van der Waals surface area contributed by atoms with Gasteiger partial charge in [0.1, 0.15) is 11.6 Å². The highest BCUT2D eigenvalue weighted by Crippen LogP contribution is 2.23. The topological polar surface area (TPSA) is 51.1 Å². The Bertz CT molecular complexity index is 754. The van der Waals surface area contributed by atoms with Crippen LogP contribution in [0.5, 0.6) is 0 Å². The lowest BCUT2D eigenvalue weighted by Crippen LogP contribution is -2.27. The zero-order chi connectivity index (χ0) is 16.3. The van der Waals surface area contributed by atoms with Crippen molar-refractivity contribution in [2.75, 3.05) is 5.32 Å². The van der Waals surface area contributed by atoms with Crippen LogP contribution in [-0.2, 0) is 11.3 Å². The van der Waals surface area contributed by atoms with Crippen LogP contribution in [0.25, 0.3) is 0 Å². The Balaban J connectivity index is 2.20. The molecule has 6 heteroatoms. The maximum absolute atomic E-state index is 12.2. The van der Waals surface area contributed by atoms with E-state index >= 15 is 0 Å². The molecule has 0 atom stereocenters. The van der Waals surface area contributed by atoms with Crippen LogP contribution in [0.3, 0.4) is 0 Å². The van der Waals surface area contributed by atoms with Crippen molar-refractivity contribution in [2.24, 2.45) is 0 Å². The third-order valence-corrected chi connectivity index (χ3v) is 3.66. The van der Waals surface area contributed by atoms with Gasteiger partial charge in [0, 0.05) is 11.9 Å². The number of aromatic nitrogens is 1. The fraction of sp³-hybridized carbons (Fsp3) is 0.250. The van der Waals surface area contributed by atoms with Crippen molar-refractivity contribution in [3.05, 3.63) is 62.5 Å². The van der Waals surface area contributed by atoms with Crippen molar-refractivity contribution >= 4 is 34.8 Å². The molecule has 0 unspecified atom stereocenters. The van der Waals surface area contributed by atoms with E-state index in [9.17, 15) is 9.59 Å². The first-order valence-electron chi connectivity index (χ1n) is 6.82. The number of anilines is 1. The number of hydrogen-bond acceptors (Lipinski definition) is 2. The molecule has 0 aliphatic heterocycles. The largest absolute Gasteiger partial charge is 0.324 e. The standard InChI is InChI=1S/C16H16Cl2N2O2/c1-10(2)12-5-3-4-6-14(12)19-15(21)9-20-8-11(17)7-13(18)16(20)22/h3-8,10H,9H2,1-2H3,(H,19,21). The molecule has 1 amide bonds. The second-order valence-corrected chi connectivity index (χ2v) is 6.07. The minimum Gasteiger partial charge on any atom is -0.324 e. The first-order valence-corrected chi connectivity index (χ1v) is 7.58. The van der Waals surface area contributed by atoms with E-state index in [0.717, 1.165) is 11.3 Å². The van der Waals surface area contributed by atoms with Gasteiger partial charge < -0.3 is 9.88 Å². The van der Waals surface area contributed by atoms with Gasteiger partial charge in [-0.1, -0.05) is 55.2 Å². The average Bonchev–Trinajstić information content (AvgIpc) is 2.44. The third-order valence-electron chi connectivity index (χ3n) is 3.18. The van der Waals surface area contributed by atoms with Gasteiger partial charge in [-0.25, -0.2) is 0 Å². The van der Waals surface area contributed by atoms with Crippen molar-refractivity contribution < 1.29 is 4.79 Å². The number of nitrogens with zero attached hydrogens (tertiary/aromatic N) is 1. The number of benzene rings is 1. The van der Waals surface area contributed by atoms with Crippen LogP contribution in [0.1, 0.15) is 25.3 Å². The van der Waals surface area contributed by atoms with Gasteiger partial charge in [-0.15, -0.1) is 0 Å². The summed E-state index contributed by atoms with van der Waals surface area (Å²) >= 11 is 11.6. The number of halogens is 2. The molecule has 0 spiro atoms. The maximum Gasteiger partial charge on any atom is 0.269 e.